The summed E-state index contributed by atoms with van der Waals surface area (Å²) < 4.78 is 6.33. The Kier molecular flexibility index (Phi) is 8.50. The van der Waals surface area contributed by atoms with E-state index in [1.165, 1.54) is 0 Å². The molecule has 0 saturated carbocycles. The molecule has 0 radical (unpaired) electrons. The molecule has 0 aromatic heterocycles. The van der Waals surface area contributed by atoms with Crippen molar-refractivity contribution in [2.45, 2.75) is 37.7 Å². The Hall–Kier alpha value is -4.26. The Morgan fingerprint density at radius 3 is 1.78 bits per heavy atom. The van der Waals surface area contributed by atoms with Crippen LogP contribution in [0.15, 0.2) is 91.0 Å². The van der Waals surface area contributed by atoms with Crippen LogP contribution in [0.1, 0.15) is 47.8 Å². The number of ether oxygens (including phenoxy) is 1. The van der Waals surface area contributed by atoms with Crippen molar-refractivity contribution in [2.75, 3.05) is 34.6 Å². The van der Waals surface area contributed by atoms with Crippen LogP contribution in [0.25, 0.3) is 21.5 Å². The number of hydrogen-bond donors (Lipinski definition) is 1. The summed E-state index contributed by atoms with van der Waals surface area (Å²) in [4.78, 5) is 30.8. The lowest BCUT2D eigenvalue weighted by Gasteiger charge is -2.21. The van der Waals surface area contributed by atoms with E-state index in [0.29, 0.717) is 43.6 Å². The Morgan fingerprint density at radius 1 is 0.696 bits per heavy atom. The van der Waals surface area contributed by atoms with Crippen LogP contribution >= 0.6 is 23.2 Å². The molecule has 0 spiro atoms. The number of fused-ring (bicyclic) bond motifs is 6. The van der Waals surface area contributed by atoms with Gasteiger partial charge in [-0.25, -0.2) is 0 Å². The second-order valence-electron chi connectivity index (χ2n) is 12.1. The highest BCUT2D eigenvalue weighted by Gasteiger charge is 2.36. The quantitative estimate of drug-likeness (QED) is 0.162. The Balaban J connectivity index is 1.09. The summed E-state index contributed by atoms with van der Waals surface area (Å²) >= 11 is 12.8. The van der Waals surface area contributed by atoms with Crippen molar-refractivity contribution in [3.05, 3.63) is 108 Å². The predicted molar refractivity (Wildman–Crippen MR) is 186 cm³/mol. The predicted octanol–water partition coefficient (Wildman–Crippen LogP) is 8.49. The smallest absolute Gasteiger partial charge is 0.227 e. The first-order valence-corrected chi connectivity index (χ1v) is 16.7. The Labute approximate surface area is 278 Å². The topological polar surface area (TPSA) is 70.1 Å². The average Bonchev–Trinajstić information content (AvgIpc) is 3.66. The van der Waals surface area contributed by atoms with Crippen LogP contribution in [0.2, 0.25) is 0 Å². The van der Waals surface area contributed by atoms with E-state index in [2.05, 4.69) is 6.07 Å². The number of hydrogen-bond acceptors (Lipinski definition) is 4. The fraction of sp³-hybridized carbons (Fsp3) is 0.263. The molecule has 2 heterocycles. The van der Waals surface area contributed by atoms with Crippen molar-refractivity contribution < 1.29 is 19.4 Å². The number of aromatic hydroxyl groups is 1. The van der Waals surface area contributed by atoms with Gasteiger partial charge in [-0.3, -0.25) is 9.59 Å². The van der Waals surface area contributed by atoms with Gasteiger partial charge in [-0.2, -0.15) is 0 Å². The van der Waals surface area contributed by atoms with Gasteiger partial charge in [0.25, 0.3) is 0 Å². The molecule has 6 nitrogen and oxygen atoms in total. The van der Waals surface area contributed by atoms with E-state index in [-0.39, 0.29) is 42.2 Å². The highest BCUT2D eigenvalue weighted by Crippen LogP contribution is 2.47. The second-order valence-corrected chi connectivity index (χ2v) is 12.7. The standard InChI is InChI=1S/C38H34Cl2N2O4/c39-19-25-21-41(31-17-33(43)27-11-4-6-13-29(27)37(25)31)35(44)15-8-16-36(45)42-22-26(20-40)38-30-14-7-5-12-28(30)34(18-32(38)42)46-23-24-9-2-1-3-10-24/h1-7,9-14,17-18,25-26,43H,8,15-16,19-23H2/t25-,26-/m1/s1. The Bertz CT molecular complexity index is 1950. The highest BCUT2D eigenvalue weighted by atomic mass is 35.5. The van der Waals surface area contributed by atoms with Crippen LogP contribution < -0.4 is 14.5 Å². The number of phenolic OH excluding ortho intramolecular Hbond substituents is 1. The van der Waals surface area contributed by atoms with Crippen LogP contribution in [-0.2, 0) is 16.2 Å². The number of carbonyl (C=O) groups is 2. The van der Waals surface area contributed by atoms with Crippen molar-refractivity contribution in [2.24, 2.45) is 0 Å². The lowest BCUT2D eigenvalue weighted by molar-refractivity contribution is -0.119. The first-order chi connectivity index (χ1) is 22.5. The molecule has 2 aliphatic heterocycles. The molecule has 2 atom stereocenters. The van der Waals surface area contributed by atoms with E-state index in [1.54, 1.807) is 11.0 Å². The first-order valence-electron chi connectivity index (χ1n) is 15.7. The van der Waals surface area contributed by atoms with Crippen LogP contribution in [0.4, 0.5) is 11.4 Å². The fourth-order valence-corrected chi connectivity index (χ4v) is 7.58. The van der Waals surface area contributed by atoms with Gasteiger partial charge in [0.1, 0.15) is 18.1 Å². The third kappa shape index (κ3) is 5.44. The molecule has 1 N–H and O–H groups in total. The zero-order chi connectivity index (χ0) is 31.8. The molecule has 0 unspecified atom stereocenters. The zero-order valence-electron chi connectivity index (χ0n) is 25.3. The number of nitrogens with zero attached hydrogens (tertiary/aromatic N) is 2. The molecule has 234 valence electrons. The maximum Gasteiger partial charge on any atom is 0.227 e. The summed E-state index contributed by atoms with van der Waals surface area (Å²) in [7, 11) is 0. The highest BCUT2D eigenvalue weighted by molar-refractivity contribution is 6.19. The molecule has 2 amide bonds. The SMILES string of the molecule is O=C(CCCC(=O)N1C[C@@H](CCl)c2c1cc(OCc1ccccc1)c1ccccc21)N1C[C@@H](CCl)c2c1cc(O)c1ccccc21. The minimum Gasteiger partial charge on any atom is -0.507 e. The maximum absolute atomic E-state index is 13.8. The van der Waals surface area contributed by atoms with Gasteiger partial charge in [0.15, 0.2) is 0 Å². The largest absolute Gasteiger partial charge is 0.507 e. The van der Waals surface area contributed by atoms with Crippen molar-refractivity contribution >= 4 is 67.9 Å². The number of anilines is 2. The van der Waals surface area contributed by atoms with Crippen LogP contribution in [-0.4, -0.2) is 41.8 Å². The molecule has 0 aliphatic carbocycles. The van der Waals surface area contributed by atoms with Crippen LogP contribution in [0, 0.1) is 0 Å². The number of carbonyl (C=O) groups excluding carboxylic acids is 2. The molecule has 5 aromatic rings. The van der Waals surface area contributed by atoms with Crippen molar-refractivity contribution in [3.63, 3.8) is 0 Å². The maximum atomic E-state index is 13.8. The number of rotatable bonds is 9. The molecule has 0 bridgehead atoms. The van der Waals surface area contributed by atoms with E-state index < -0.39 is 0 Å². The molecular formula is C38H34Cl2N2O4. The van der Waals surface area contributed by atoms with Gasteiger partial charge in [-0.05, 0) is 33.9 Å². The van der Waals surface area contributed by atoms with Gasteiger partial charge < -0.3 is 19.6 Å². The first kappa shape index (κ1) is 30.4. The fourth-order valence-electron chi connectivity index (χ4n) is 7.08. The van der Waals surface area contributed by atoms with Gasteiger partial charge in [-0.15, -0.1) is 23.2 Å². The lowest BCUT2D eigenvalue weighted by atomic mass is 9.95. The molecule has 7 rings (SSSR count). The lowest BCUT2D eigenvalue weighted by Crippen LogP contribution is -2.32. The van der Waals surface area contributed by atoms with Crippen LogP contribution in [0.5, 0.6) is 11.5 Å². The van der Waals surface area contributed by atoms with E-state index in [1.807, 2.05) is 83.8 Å². The van der Waals surface area contributed by atoms with E-state index in [0.717, 1.165) is 49.7 Å². The molecule has 0 fully saturated rings. The molecule has 8 heteroatoms. The number of halogens is 2. The molecule has 5 aromatic carbocycles. The summed E-state index contributed by atoms with van der Waals surface area (Å²) in [5, 5.41) is 14.4. The number of phenols is 1. The van der Waals surface area contributed by atoms with Crippen molar-refractivity contribution in [1.82, 2.24) is 0 Å². The summed E-state index contributed by atoms with van der Waals surface area (Å²) in [6.45, 7) is 1.35. The van der Waals surface area contributed by atoms with E-state index >= 15 is 0 Å². The zero-order valence-corrected chi connectivity index (χ0v) is 26.8. The minimum atomic E-state index is -0.0839. The van der Waals surface area contributed by atoms with Gasteiger partial charge in [0.05, 0.1) is 11.4 Å². The average molecular weight is 654 g/mol. The number of amides is 2. The van der Waals surface area contributed by atoms with E-state index in [9.17, 15) is 14.7 Å². The molecule has 0 saturated heterocycles. The minimum absolute atomic E-state index is 0.00795. The van der Waals surface area contributed by atoms with Crippen molar-refractivity contribution in [3.8, 4) is 11.5 Å². The summed E-state index contributed by atoms with van der Waals surface area (Å²) in [6, 6.07) is 29.4. The third-order valence-corrected chi connectivity index (χ3v) is 10.0. The van der Waals surface area contributed by atoms with Gasteiger partial charge >= 0.3 is 0 Å². The third-order valence-electron chi connectivity index (χ3n) is 9.27. The van der Waals surface area contributed by atoms with Crippen LogP contribution in [0.3, 0.4) is 0 Å². The van der Waals surface area contributed by atoms with Gasteiger partial charge in [0.2, 0.25) is 11.8 Å². The van der Waals surface area contributed by atoms with Crippen molar-refractivity contribution in [1.29, 1.82) is 0 Å². The summed E-state index contributed by atoms with van der Waals surface area (Å²) in [5.41, 5.74) is 4.64. The molecule has 46 heavy (non-hydrogen) atoms. The second kappa shape index (κ2) is 12.9. The van der Waals surface area contributed by atoms with Gasteiger partial charge in [0, 0.05) is 72.4 Å². The van der Waals surface area contributed by atoms with Gasteiger partial charge in [-0.1, -0.05) is 78.9 Å². The molecular weight excluding hydrogens is 619 g/mol. The summed E-state index contributed by atoms with van der Waals surface area (Å²) in [5.74, 6) is 1.44. The number of benzene rings is 5. The van der Waals surface area contributed by atoms with E-state index in [4.69, 9.17) is 27.9 Å². The summed E-state index contributed by atoms with van der Waals surface area (Å²) in [6.07, 6.45) is 0.823. The monoisotopic (exact) mass is 652 g/mol. The Morgan fingerprint density at radius 2 is 1.20 bits per heavy atom. The normalized spacial score (nSPS) is 17.0. The molecule has 2 aliphatic rings. The number of alkyl halides is 2.